The smallest absolute Gasteiger partial charge is 0.243 e. The molecule has 2 aliphatic heterocycles. The van der Waals surface area contributed by atoms with E-state index in [0.717, 1.165) is 25.9 Å². The highest BCUT2D eigenvalue weighted by molar-refractivity contribution is 6.00. The van der Waals surface area contributed by atoms with Crippen molar-refractivity contribution in [3.63, 3.8) is 0 Å². The maximum atomic E-state index is 11.5. The lowest BCUT2D eigenvalue weighted by atomic mass is 10.0. The van der Waals surface area contributed by atoms with E-state index in [4.69, 9.17) is 0 Å². The molecule has 0 aromatic heterocycles. The Labute approximate surface area is 95.6 Å². The summed E-state index contributed by atoms with van der Waals surface area (Å²) in [4.78, 5) is 24.8. The second-order valence-corrected chi connectivity index (χ2v) is 4.75. The van der Waals surface area contributed by atoms with E-state index >= 15 is 0 Å². The van der Waals surface area contributed by atoms with Crippen molar-refractivity contribution in [3.05, 3.63) is 0 Å². The zero-order valence-corrected chi connectivity index (χ0v) is 9.66. The van der Waals surface area contributed by atoms with Crippen LogP contribution in [-0.2, 0) is 9.59 Å². The Balaban J connectivity index is 1.81. The third-order valence-corrected chi connectivity index (χ3v) is 3.39. The Hall–Kier alpha value is -0.940. The zero-order chi connectivity index (χ0) is 11.5. The minimum absolute atomic E-state index is 0.147. The molecule has 0 aromatic rings. The van der Waals surface area contributed by atoms with Crippen molar-refractivity contribution in [1.29, 1.82) is 0 Å². The van der Waals surface area contributed by atoms with Crippen molar-refractivity contribution >= 4 is 11.8 Å². The number of hydrogen-bond donors (Lipinski definition) is 2. The van der Waals surface area contributed by atoms with Crippen LogP contribution >= 0.6 is 0 Å². The zero-order valence-electron chi connectivity index (χ0n) is 9.66. The third kappa shape index (κ3) is 2.80. The fraction of sp³-hybridized carbons (Fsp3) is 0.818. The normalized spacial score (nSPS) is 29.2. The number of hydrogen-bond acceptors (Lipinski definition) is 4. The summed E-state index contributed by atoms with van der Waals surface area (Å²) >= 11 is 0. The Morgan fingerprint density at radius 3 is 2.56 bits per heavy atom. The molecule has 0 bridgehead atoms. The fourth-order valence-corrected chi connectivity index (χ4v) is 2.31. The summed E-state index contributed by atoms with van der Waals surface area (Å²) < 4.78 is 0. The van der Waals surface area contributed by atoms with Crippen molar-refractivity contribution < 1.29 is 9.59 Å². The molecule has 0 radical (unpaired) electrons. The van der Waals surface area contributed by atoms with Crippen LogP contribution in [0.25, 0.3) is 0 Å². The summed E-state index contributed by atoms with van der Waals surface area (Å²) in [5.74, 6) is -0.304. The van der Waals surface area contributed by atoms with Crippen LogP contribution in [0.15, 0.2) is 0 Å². The maximum Gasteiger partial charge on any atom is 0.243 e. The van der Waals surface area contributed by atoms with E-state index in [1.54, 1.807) is 0 Å². The molecule has 0 saturated carbocycles. The van der Waals surface area contributed by atoms with Gasteiger partial charge in [0, 0.05) is 12.5 Å². The van der Waals surface area contributed by atoms with Gasteiger partial charge in [0.05, 0.1) is 6.04 Å². The Morgan fingerprint density at radius 2 is 1.94 bits per heavy atom. The van der Waals surface area contributed by atoms with Crippen molar-refractivity contribution in [2.45, 2.75) is 37.8 Å². The fourth-order valence-electron chi connectivity index (χ4n) is 2.31. The van der Waals surface area contributed by atoms with Crippen LogP contribution < -0.4 is 10.6 Å². The molecule has 5 nitrogen and oxygen atoms in total. The van der Waals surface area contributed by atoms with Gasteiger partial charge in [0.2, 0.25) is 11.8 Å². The van der Waals surface area contributed by atoms with Gasteiger partial charge < -0.3 is 10.2 Å². The molecule has 16 heavy (non-hydrogen) atoms. The third-order valence-electron chi connectivity index (χ3n) is 3.39. The van der Waals surface area contributed by atoms with E-state index < -0.39 is 0 Å². The summed E-state index contributed by atoms with van der Waals surface area (Å²) in [6.07, 6.45) is 3.25. The summed E-state index contributed by atoms with van der Waals surface area (Å²) in [7, 11) is 2.11. The topological polar surface area (TPSA) is 61.4 Å². The lowest BCUT2D eigenvalue weighted by Gasteiger charge is -2.33. The first kappa shape index (κ1) is 11.5. The molecule has 2 N–H and O–H groups in total. The summed E-state index contributed by atoms with van der Waals surface area (Å²) in [5.41, 5.74) is 0. The molecule has 0 aliphatic carbocycles. The van der Waals surface area contributed by atoms with Crippen LogP contribution in [0.1, 0.15) is 25.7 Å². The van der Waals surface area contributed by atoms with Gasteiger partial charge in [-0.05, 0) is 39.4 Å². The molecule has 1 unspecified atom stereocenters. The average Bonchev–Trinajstić information content (AvgIpc) is 2.25. The van der Waals surface area contributed by atoms with Crippen LogP contribution in [0, 0.1) is 0 Å². The van der Waals surface area contributed by atoms with Crippen LogP contribution in [0.4, 0.5) is 0 Å². The van der Waals surface area contributed by atoms with Crippen LogP contribution in [0.2, 0.25) is 0 Å². The summed E-state index contributed by atoms with van der Waals surface area (Å²) in [5, 5.41) is 5.73. The number of rotatable bonds is 2. The first-order valence-corrected chi connectivity index (χ1v) is 5.93. The number of carbonyl (C=O) groups is 2. The number of likely N-dealkylation sites (tertiary alicyclic amines) is 1. The van der Waals surface area contributed by atoms with Crippen LogP contribution in [-0.4, -0.2) is 48.9 Å². The lowest BCUT2D eigenvalue weighted by Crippen LogP contribution is -2.55. The highest BCUT2D eigenvalue weighted by atomic mass is 16.2. The minimum Gasteiger partial charge on any atom is -0.306 e. The van der Waals surface area contributed by atoms with Gasteiger partial charge in [-0.3, -0.25) is 14.9 Å². The Morgan fingerprint density at radius 1 is 1.25 bits per heavy atom. The maximum absolute atomic E-state index is 11.5. The minimum atomic E-state index is -0.175. The summed E-state index contributed by atoms with van der Waals surface area (Å²) in [6, 6.07) is 0.242. The highest BCUT2D eigenvalue weighted by Gasteiger charge is 2.29. The number of nitrogens with zero attached hydrogens (tertiary/aromatic N) is 1. The summed E-state index contributed by atoms with van der Waals surface area (Å²) in [6.45, 7) is 2.15. The molecule has 2 rings (SSSR count). The van der Waals surface area contributed by atoms with Crippen molar-refractivity contribution in [3.8, 4) is 0 Å². The SMILES string of the molecule is CN1CCC(NC2CCC(=O)NC2=O)CC1. The molecular formula is C11H19N3O2. The molecule has 90 valence electrons. The molecule has 2 heterocycles. The number of nitrogens with one attached hydrogen (secondary N) is 2. The molecule has 5 heteroatoms. The lowest BCUT2D eigenvalue weighted by molar-refractivity contribution is -0.134. The monoisotopic (exact) mass is 225 g/mol. The average molecular weight is 225 g/mol. The van der Waals surface area contributed by atoms with E-state index in [2.05, 4.69) is 22.6 Å². The van der Waals surface area contributed by atoms with Crippen molar-refractivity contribution in [2.24, 2.45) is 0 Å². The molecule has 1 atom stereocenters. The second-order valence-electron chi connectivity index (χ2n) is 4.75. The quantitative estimate of drug-likeness (QED) is 0.621. The number of imide groups is 1. The van der Waals surface area contributed by atoms with Gasteiger partial charge in [0.15, 0.2) is 0 Å². The van der Waals surface area contributed by atoms with Gasteiger partial charge in [0.1, 0.15) is 0 Å². The number of carbonyl (C=O) groups excluding carboxylic acids is 2. The van der Waals surface area contributed by atoms with E-state index in [1.165, 1.54) is 0 Å². The highest BCUT2D eigenvalue weighted by Crippen LogP contribution is 2.12. The van der Waals surface area contributed by atoms with Gasteiger partial charge in [0.25, 0.3) is 0 Å². The molecular weight excluding hydrogens is 206 g/mol. The largest absolute Gasteiger partial charge is 0.306 e. The molecule has 2 saturated heterocycles. The predicted molar refractivity (Wildman–Crippen MR) is 59.8 cm³/mol. The van der Waals surface area contributed by atoms with E-state index in [0.29, 0.717) is 18.9 Å². The van der Waals surface area contributed by atoms with Gasteiger partial charge >= 0.3 is 0 Å². The van der Waals surface area contributed by atoms with Gasteiger partial charge in [-0.15, -0.1) is 0 Å². The predicted octanol–water partition coefficient (Wildman–Crippen LogP) is -0.525. The van der Waals surface area contributed by atoms with Crippen molar-refractivity contribution in [2.75, 3.05) is 20.1 Å². The Kier molecular flexibility index (Phi) is 3.56. The van der Waals surface area contributed by atoms with Crippen LogP contribution in [0.5, 0.6) is 0 Å². The number of amides is 2. The van der Waals surface area contributed by atoms with Crippen molar-refractivity contribution in [1.82, 2.24) is 15.5 Å². The molecule has 2 fully saturated rings. The molecule has 2 amide bonds. The van der Waals surface area contributed by atoms with Gasteiger partial charge in [-0.25, -0.2) is 0 Å². The number of piperidine rings is 2. The van der Waals surface area contributed by atoms with Gasteiger partial charge in [-0.2, -0.15) is 0 Å². The standard InChI is InChI=1S/C11H19N3O2/c1-14-6-4-8(5-7-14)12-9-2-3-10(15)13-11(9)16/h8-9,12H,2-7H2,1H3,(H,13,15,16). The first-order valence-electron chi connectivity index (χ1n) is 5.93. The molecule has 2 aliphatic rings. The van der Waals surface area contributed by atoms with Gasteiger partial charge in [-0.1, -0.05) is 0 Å². The van der Waals surface area contributed by atoms with Crippen LogP contribution in [0.3, 0.4) is 0 Å². The van der Waals surface area contributed by atoms with E-state index in [9.17, 15) is 9.59 Å². The molecule has 0 aromatic carbocycles. The van der Waals surface area contributed by atoms with E-state index in [-0.39, 0.29) is 17.9 Å². The second kappa shape index (κ2) is 4.93. The van der Waals surface area contributed by atoms with E-state index in [1.807, 2.05) is 0 Å². The molecule has 0 spiro atoms. The first-order chi connectivity index (χ1) is 7.65. The Bertz CT molecular complexity index is 285.